The Bertz CT molecular complexity index is 45.0. The third-order valence-electron chi connectivity index (χ3n) is 0.456. The zero-order valence-corrected chi connectivity index (χ0v) is 6.08. The largest absolute Gasteiger partial charge is 0.312 e. The fourth-order valence-electron chi connectivity index (χ4n) is 0.183. The first-order valence-corrected chi connectivity index (χ1v) is 1.91. The van der Waals surface area contributed by atoms with Crippen LogP contribution in [0.15, 0.2) is 0 Å². The van der Waals surface area contributed by atoms with Gasteiger partial charge in [0, 0.05) is 31.3 Å². The zero-order chi connectivity index (χ0) is 4.99. The van der Waals surface area contributed by atoms with Gasteiger partial charge in [-0.25, -0.2) is 0 Å². The molecule has 0 aliphatic heterocycles. The summed E-state index contributed by atoms with van der Waals surface area (Å²) in [6, 6.07) is 0. The number of hydrogen-bond donors (Lipinski definition) is 1. The van der Waals surface area contributed by atoms with E-state index in [2.05, 4.69) is 0 Å². The van der Waals surface area contributed by atoms with Crippen molar-refractivity contribution < 1.29 is 18.6 Å². The van der Waals surface area contributed by atoms with Crippen LogP contribution in [0.2, 0.25) is 0 Å². The van der Waals surface area contributed by atoms with E-state index in [1.54, 1.807) is 0 Å². The van der Waals surface area contributed by atoms with Gasteiger partial charge in [-0.15, -0.1) is 0 Å². The first-order valence-electron chi connectivity index (χ1n) is 1.91. The van der Waals surface area contributed by atoms with Gasteiger partial charge in [-0.1, -0.05) is 0 Å². The molecule has 0 unspecified atom stereocenters. The van der Waals surface area contributed by atoms with E-state index in [1.165, 1.54) is 6.21 Å². The van der Waals surface area contributed by atoms with E-state index in [0.29, 0.717) is 0 Å². The molecule has 0 fully saturated rings. The van der Waals surface area contributed by atoms with Crippen LogP contribution in [0.3, 0.4) is 0 Å². The number of hydrogen-bond acceptors (Lipinski definition) is 2. The minimum absolute atomic E-state index is 0. The molecule has 0 bridgehead atoms. The third kappa shape index (κ3) is 10.7. The Labute approximate surface area is 56.3 Å². The number of nitrogens with zero attached hydrogens (tertiary/aromatic N) is 1. The summed E-state index contributed by atoms with van der Waals surface area (Å²) in [5.41, 5.74) is 0. The van der Waals surface area contributed by atoms with Crippen LogP contribution in [0.5, 0.6) is 0 Å². The first-order chi connectivity index (χ1) is 2.77. The van der Waals surface area contributed by atoms with Gasteiger partial charge in [-0.05, 0) is 14.1 Å². The zero-order valence-electron chi connectivity index (χ0n) is 4.68. The summed E-state index contributed by atoms with van der Waals surface area (Å²) < 4.78 is 0. The van der Waals surface area contributed by atoms with E-state index in [-0.39, 0.29) is 18.6 Å². The molecule has 1 radical (unpaired) electrons. The molecule has 0 rings (SSSR count). The second-order valence-corrected chi connectivity index (χ2v) is 1.47. The standard InChI is InChI=1S/C4H10N2.V/c1-6(2)4-3-5;/h3,5H,4H2,1-2H3;. The SMILES string of the molecule is CN(C)CC=N.[V]. The van der Waals surface area contributed by atoms with Crippen LogP contribution in [0.1, 0.15) is 0 Å². The van der Waals surface area contributed by atoms with Gasteiger partial charge in [-0.2, -0.15) is 0 Å². The van der Waals surface area contributed by atoms with E-state index in [1.807, 2.05) is 19.0 Å². The average molecular weight is 137 g/mol. The monoisotopic (exact) mass is 137 g/mol. The predicted molar refractivity (Wildman–Crippen MR) is 27.3 cm³/mol. The van der Waals surface area contributed by atoms with Gasteiger partial charge in [0.15, 0.2) is 0 Å². The van der Waals surface area contributed by atoms with E-state index >= 15 is 0 Å². The fourth-order valence-corrected chi connectivity index (χ4v) is 0.183. The quantitative estimate of drug-likeness (QED) is 0.540. The Balaban J connectivity index is 0. The summed E-state index contributed by atoms with van der Waals surface area (Å²) in [7, 11) is 3.87. The number of nitrogens with one attached hydrogen (secondary N) is 1. The van der Waals surface area contributed by atoms with E-state index < -0.39 is 0 Å². The number of rotatable bonds is 2. The maximum absolute atomic E-state index is 6.57. The van der Waals surface area contributed by atoms with Crippen molar-refractivity contribution in [2.45, 2.75) is 0 Å². The molecule has 0 aromatic carbocycles. The maximum atomic E-state index is 6.57. The second-order valence-electron chi connectivity index (χ2n) is 1.47. The summed E-state index contributed by atoms with van der Waals surface area (Å²) >= 11 is 0. The Morgan fingerprint density at radius 1 is 1.57 bits per heavy atom. The van der Waals surface area contributed by atoms with Crippen molar-refractivity contribution in [2.24, 2.45) is 0 Å². The second kappa shape index (κ2) is 6.21. The molecule has 2 nitrogen and oxygen atoms in total. The Morgan fingerprint density at radius 2 is 2.00 bits per heavy atom. The van der Waals surface area contributed by atoms with Gasteiger partial charge in [0.25, 0.3) is 0 Å². The summed E-state index contributed by atoms with van der Waals surface area (Å²) in [4.78, 5) is 1.94. The van der Waals surface area contributed by atoms with Crippen molar-refractivity contribution in [1.29, 1.82) is 5.41 Å². The molecule has 0 saturated heterocycles. The molecule has 0 aliphatic carbocycles. The summed E-state index contributed by atoms with van der Waals surface area (Å²) in [6.45, 7) is 0.750. The summed E-state index contributed by atoms with van der Waals surface area (Å²) in [5.74, 6) is 0. The molecule has 1 N–H and O–H groups in total. The van der Waals surface area contributed by atoms with Gasteiger partial charge in [-0.3, -0.25) is 0 Å². The molecule has 0 aliphatic rings. The fraction of sp³-hybridized carbons (Fsp3) is 0.750. The van der Waals surface area contributed by atoms with Crippen molar-refractivity contribution in [3.63, 3.8) is 0 Å². The molecule has 0 aromatic rings. The van der Waals surface area contributed by atoms with Crippen molar-refractivity contribution in [1.82, 2.24) is 4.90 Å². The molecule has 0 heterocycles. The molecule has 7 heavy (non-hydrogen) atoms. The molecule has 0 amide bonds. The minimum atomic E-state index is 0. The van der Waals surface area contributed by atoms with Gasteiger partial charge in [0.2, 0.25) is 0 Å². The Kier molecular flexibility index (Phi) is 9.10. The predicted octanol–water partition coefficient (Wildman–Crippen LogP) is 0.195. The van der Waals surface area contributed by atoms with Crippen molar-refractivity contribution in [3.8, 4) is 0 Å². The van der Waals surface area contributed by atoms with E-state index in [0.717, 1.165) is 6.54 Å². The molecular weight excluding hydrogens is 127 g/mol. The van der Waals surface area contributed by atoms with Crippen molar-refractivity contribution in [2.75, 3.05) is 20.6 Å². The minimum Gasteiger partial charge on any atom is -0.312 e. The Hall–Kier alpha value is 0.214. The van der Waals surface area contributed by atoms with Crippen LogP contribution in [0.25, 0.3) is 0 Å². The van der Waals surface area contributed by atoms with E-state index in [9.17, 15) is 0 Å². The van der Waals surface area contributed by atoms with Crippen LogP contribution in [0.4, 0.5) is 0 Å². The molecular formula is C4H10N2V. The molecule has 0 atom stereocenters. The van der Waals surface area contributed by atoms with Crippen molar-refractivity contribution >= 4 is 6.21 Å². The van der Waals surface area contributed by atoms with Crippen LogP contribution < -0.4 is 0 Å². The van der Waals surface area contributed by atoms with Gasteiger partial charge in [0.05, 0.1) is 0 Å². The summed E-state index contributed by atoms with van der Waals surface area (Å²) in [5, 5.41) is 6.57. The first kappa shape index (κ1) is 10.2. The Morgan fingerprint density at radius 3 is 2.00 bits per heavy atom. The molecule has 0 spiro atoms. The van der Waals surface area contributed by atoms with Gasteiger partial charge in [0.1, 0.15) is 0 Å². The summed E-state index contributed by atoms with van der Waals surface area (Å²) in [6.07, 6.45) is 1.38. The normalized spacial score (nSPS) is 7.86. The molecule has 41 valence electrons. The van der Waals surface area contributed by atoms with Crippen LogP contribution in [-0.2, 0) is 18.6 Å². The smallest absolute Gasteiger partial charge is 0.0324 e. The average Bonchev–Trinajstić information content (AvgIpc) is 1.35. The van der Waals surface area contributed by atoms with E-state index in [4.69, 9.17) is 5.41 Å². The molecule has 3 heteroatoms. The van der Waals surface area contributed by atoms with Crippen LogP contribution >= 0.6 is 0 Å². The van der Waals surface area contributed by atoms with Gasteiger partial charge < -0.3 is 10.3 Å². The molecule has 0 saturated carbocycles. The van der Waals surface area contributed by atoms with Crippen molar-refractivity contribution in [3.05, 3.63) is 0 Å². The van der Waals surface area contributed by atoms with Gasteiger partial charge >= 0.3 is 0 Å². The van der Waals surface area contributed by atoms with Crippen LogP contribution in [-0.4, -0.2) is 31.8 Å². The topological polar surface area (TPSA) is 27.1 Å². The van der Waals surface area contributed by atoms with Crippen LogP contribution in [0, 0.1) is 5.41 Å². The third-order valence-corrected chi connectivity index (χ3v) is 0.456. The molecule has 0 aromatic heterocycles. The maximum Gasteiger partial charge on any atom is 0.0324 e.